The summed E-state index contributed by atoms with van der Waals surface area (Å²) in [6, 6.07) is 35.8. The number of phenols is 1. The van der Waals surface area contributed by atoms with Gasteiger partial charge in [-0.25, -0.2) is 0 Å². The van der Waals surface area contributed by atoms with Crippen LogP contribution in [0.2, 0.25) is 0 Å². The van der Waals surface area contributed by atoms with Crippen LogP contribution in [0.3, 0.4) is 0 Å². The maximum Gasteiger partial charge on any atom is 0.138 e. The normalized spacial score (nSPS) is 10.8. The Hall–Kier alpha value is -3.09. The van der Waals surface area contributed by atoms with Crippen LogP contribution in [0, 0.1) is 6.92 Å². The Morgan fingerprint density at radius 3 is 1.93 bits per heavy atom. The summed E-state index contributed by atoms with van der Waals surface area (Å²) in [5.74, 6) is 0.288. The highest BCUT2D eigenvalue weighted by molar-refractivity contribution is 7.79. The van der Waals surface area contributed by atoms with Crippen molar-refractivity contribution in [1.82, 2.24) is 0 Å². The van der Waals surface area contributed by atoms with Crippen LogP contribution in [-0.4, -0.2) is 5.11 Å². The molecule has 0 atom stereocenters. The molecule has 3 heteroatoms. The highest BCUT2D eigenvalue weighted by atomic mass is 31.1. The summed E-state index contributed by atoms with van der Waals surface area (Å²) >= 11 is 0. The van der Waals surface area contributed by atoms with E-state index in [0.29, 0.717) is 6.54 Å². The number of phenolic OH excluding ortho intramolecular Hbond substituents is 1. The first kappa shape index (κ1) is 19.2. The SMILES string of the molecule is Cc1ccc(NCc2ccccc2P(c2ccccc2)c2ccccc2)c(O)c1. The minimum atomic E-state index is -0.663. The van der Waals surface area contributed by atoms with E-state index in [1.165, 1.54) is 21.5 Å². The monoisotopic (exact) mass is 397 g/mol. The average molecular weight is 397 g/mol. The number of rotatable bonds is 6. The minimum Gasteiger partial charge on any atom is -0.506 e. The van der Waals surface area contributed by atoms with Crippen LogP contribution in [0.1, 0.15) is 11.1 Å². The van der Waals surface area contributed by atoms with Gasteiger partial charge >= 0.3 is 0 Å². The number of nitrogens with one attached hydrogen (secondary N) is 1. The quantitative estimate of drug-likeness (QED) is 0.352. The molecule has 0 amide bonds. The molecule has 0 radical (unpaired) electrons. The Morgan fingerprint density at radius 1 is 0.724 bits per heavy atom. The molecular weight excluding hydrogens is 373 g/mol. The molecular formula is C26H24NOP. The summed E-state index contributed by atoms with van der Waals surface area (Å²) in [6.07, 6.45) is 0. The molecule has 0 aliphatic carbocycles. The Kier molecular flexibility index (Phi) is 5.93. The molecule has 4 aromatic carbocycles. The first-order valence-electron chi connectivity index (χ1n) is 9.74. The summed E-state index contributed by atoms with van der Waals surface area (Å²) in [6.45, 7) is 2.64. The lowest BCUT2D eigenvalue weighted by atomic mass is 10.2. The molecule has 0 spiro atoms. The standard InChI is InChI=1S/C26H24NOP/c1-20-16-17-24(25(28)18-20)27-19-21-10-8-9-15-26(21)29(22-11-4-2-5-12-22)23-13-6-3-7-14-23/h2-18,27-28H,19H2,1H3. The van der Waals surface area contributed by atoms with Gasteiger partial charge in [-0.05, 0) is 54.0 Å². The molecule has 0 saturated carbocycles. The molecule has 0 aromatic heterocycles. The highest BCUT2D eigenvalue weighted by Crippen LogP contribution is 2.34. The number of anilines is 1. The van der Waals surface area contributed by atoms with Crippen LogP contribution in [-0.2, 0) is 6.54 Å². The van der Waals surface area contributed by atoms with Crippen molar-refractivity contribution in [3.63, 3.8) is 0 Å². The van der Waals surface area contributed by atoms with E-state index >= 15 is 0 Å². The van der Waals surface area contributed by atoms with Crippen LogP contribution in [0.4, 0.5) is 5.69 Å². The van der Waals surface area contributed by atoms with E-state index in [-0.39, 0.29) is 5.75 Å². The third-order valence-electron chi connectivity index (χ3n) is 4.88. The van der Waals surface area contributed by atoms with Crippen molar-refractivity contribution in [2.75, 3.05) is 5.32 Å². The predicted octanol–water partition coefficient (Wildman–Crippen LogP) is 5.07. The smallest absolute Gasteiger partial charge is 0.138 e. The van der Waals surface area contributed by atoms with E-state index in [1.54, 1.807) is 6.07 Å². The summed E-state index contributed by atoms with van der Waals surface area (Å²) in [5, 5.41) is 17.7. The van der Waals surface area contributed by atoms with E-state index < -0.39 is 7.92 Å². The molecule has 2 nitrogen and oxygen atoms in total. The van der Waals surface area contributed by atoms with Gasteiger partial charge < -0.3 is 10.4 Å². The van der Waals surface area contributed by atoms with Gasteiger partial charge in [0.15, 0.2) is 0 Å². The molecule has 144 valence electrons. The van der Waals surface area contributed by atoms with Gasteiger partial charge in [-0.2, -0.15) is 0 Å². The number of benzene rings is 4. The van der Waals surface area contributed by atoms with E-state index in [2.05, 4.69) is 90.2 Å². The topological polar surface area (TPSA) is 32.3 Å². The van der Waals surface area contributed by atoms with Crippen molar-refractivity contribution < 1.29 is 5.11 Å². The Balaban J connectivity index is 1.71. The zero-order chi connectivity index (χ0) is 20.1. The Morgan fingerprint density at radius 2 is 1.31 bits per heavy atom. The lowest BCUT2D eigenvalue weighted by Gasteiger charge is -2.22. The largest absolute Gasteiger partial charge is 0.506 e. The fourth-order valence-corrected chi connectivity index (χ4v) is 5.91. The fraction of sp³-hybridized carbons (Fsp3) is 0.0769. The third-order valence-corrected chi connectivity index (χ3v) is 7.43. The first-order valence-corrected chi connectivity index (χ1v) is 11.1. The van der Waals surface area contributed by atoms with Gasteiger partial charge in [-0.3, -0.25) is 0 Å². The van der Waals surface area contributed by atoms with Crippen molar-refractivity contribution in [2.24, 2.45) is 0 Å². The van der Waals surface area contributed by atoms with Gasteiger partial charge in [-0.1, -0.05) is 91.0 Å². The number of aromatic hydroxyl groups is 1. The summed E-state index contributed by atoms with van der Waals surface area (Å²) in [4.78, 5) is 0. The molecule has 4 aromatic rings. The molecule has 0 heterocycles. The second-order valence-electron chi connectivity index (χ2n) is 7.01. The molecule has 0 fully saturated rings. The van der Waals surface area contributed by atoms with Gasteiger partial charge in [0.25, 0.3) is 0 Å². The molecule has 29 heavy (non-hydrogen) atoms. The summed E-state index contributed by atoms with van der Waals surface area (Å²) in [7, 11) is -0.663. The second-order valence-corrected chi connectivity index (χ2v) is 9.19. The van der Waals surface area contributed by atoms with E-state index in [1.807, 2.05) is 19.1 Å². The molecule has 0 aliphatic heterocycles. The fourth-order valence-electron chi connectivity index (χ4n) is 3.44. The molecule has 0 bridgehead atoms. The van der Waals surface area contributed by atoms with Crippen LogP contribution in [0.5, 0.6) is 5.75 Å². The number of aryl methyl sites for hydroxylation is 1. The van der Waals surface area contributed by atoms with Crippen molar-refractivity contribution in [3.05, 3.63) is 114 Å². The lowest BCUT2D eigenvalue weighted by molar-refractivity contribution is 0.476. The van der Waals surface area contributed by atoms with Crippen molar-refractivity contribution in [2.45, 2.75) is 13.5 Å². The maximum atomic E-state index is 10.2. The minimum absolute atomic E-state index is 0.288. The van der Waals surface area contributed by atoms with Crippen LogP contribution >= 0.6 is 7.92 Å². The summed E-state index contributed by atoms with van der Waals surface area (Å²) < 4.78 is 0. The zero-order valence-corrected chi connectivity index (χ0v) is 17.3. The van der Waals surface area contributed by atoms with Gasteiger partial charge in [0, 0.05) is 6.54 Å². The van der Waals surface area contributed by atoms with Crippen LogP contribution < -0.4 is 21.2 Å². The lowest BCUT2D eigenvalue weighted by Crippen LogP contribution is -2.24. The van der Waals surface area contributed by atoms with Crippen molar-refractivity contribution >= 4 is 29.5 Å². The van der Waals surface area contributed by atoms with E-state index in [4.69, 9.17) is 0 Å². The summed E-state index contributed by atoms with van der Waals surface area (Å²) in [5.41, 5.74) is 3.05. The molecule has 0 aliphatic rings. The third kappa shape index (κ3) is 4.50. The molecule has 0 saturated heterocycles. The van der Waals surface area contributed by atoms with Crippen LogP contribution in [0.15, 0.2) is 103 Å². The first-order chi connectivity index (χ1) is 14.2. The maximum absolute atomic E-state index is 10.2. The van der Waals surface area contributed by atoms with Gasteiger partial charge in [0.2, 0.25) is 0 Å². The Labute approximate surface area is 173 Å². The number of hydrogen-bond donors (Lipinski definition) is 2. The highest BCUT2D eigenvalue weighted by Gasteiger charge is 2.19. The average Bonchev–Trinajstić information content (AvgIpc) is 2.76. The van der Waals surface area contributed by atoms with E-state index in [9.17, 15) is 5.11 Å². The second kappa shape index (κ2) is 8.94. The van der Waals surface area contributed by atoms with Gasteiger partial charge in [0.1, 0.15) is 5.75 Å². The van der Waals surface area contributed by atoms with Crippen molar-refractivity contribution in [3.8, 4) is 5.75 Å². The van der Waals surface area contributed by atoms with Crippen LogP contribution in [0.25, 0.3) is 0 Å². The zero-order valence-electron chi connectivity index (χ0n) is 16.4. The molecule has 2 N–H and O–H groups in total. The number of hydrogen-bond acceptors (Lipinski definition) is 2. The Bertz CT molecular complexity index is 1040. The molecule has 4 rings (SSSR count). The predicted molar refractivity (Wildman–Crippen MR) is 125 cm³/mol. The van der Waals surface area contributed by atoms with Gasteiger partial charge in [0.05, 0.1) is 5.69 Å². The van der Waals surface area contributed by atoms with Gasteiger partial charge in [-0.15, -0.1) is 0 Å². The van der Waals surface area contributed by atoms with Crippen molar-refractivity contribution in [1.29, 1.82) is 0 Å². The molecule has 0 unspecified atom stereocenters. The van der Waals surface area contributed by atoms with E-state index in [0.717, 1.165) is 11.3 Å².